The highest BCUT2D eigenvalue weighted by Crippen LogP contribution is 2.36. The van der Waals surface area contributed by atoms with Crippen molar-refractivity contribution in [1.82, 2.24) is 20.1 Å². The van der Waals surface area contributed by atoms with Gasteiger partial charge in [-0.1, -0.05) is 6.07 Å². The summed E-state index contributed by atoms with van der Waals surface area (Å²) < 4.78 is 46.1. The lowest BCUT2D eigenvalue weighted by Crippen LogP contribution is -2.45. The van der Waals surface area contributed by atoms with Gasteiger partial charge in [0.25, 0.3) is 0 Å². The molecule has 2 aliphatic rings. The van der Waals surface area contributed by atoms with Gasteiger partial charge >= 0.3 is 12.2 Å². The molecule has 2 bridgehead atoms. The van der Waals surface area contributed by atoms with Crippen LogP contribution in [0.25, 0.3) is 0 Å². The highest BCUT2D eigenvalue weighted by Gasteiger charge is 2.39. The van der Waals surface area contributed by atoms with Crippen molar-refractivity contribution in [2.24, 2.45) is 11.8 Å². The van der Waals surface area contributed by atoms with Crippen LogP contribution in [0.3, 0.4) is 0 Å². The van der Waals surface area contributed by atoms with Crippen LogP contribution in [0.15, 0.2) is 24.3 Å². The van der Waals surface area contributed by atoms with Crippen molar-refractivity contribution < 1.29 is 17.9 Å². The first-order chi connectivity index (χ1) is 13.3. The van der Waals surface area contributed by atoms with E-state index >= 15 is 0 Å². The molecule has 0 amide bonds. The molecule has 152 valence electrons. The summed E-state index contributed by atoms with van der Waals surface area (Å²) in [5.41, 5.74) is -0.759. The number of nitrogens with zero attached hydrogens (tertiary/aromatic N) is 3. The van der Waals surface area contributed by atoms with E-state index in [0.29, 0.717) is 23.8 Å². The molecule has 9 heteroatoms. The summed E-state index contributed by atoms with van der Waals surface area (Å²) in [7, 11) is 0. The molecule has 2 aromatic rings. The van der Waals surface area contributed by atoms with Crippen molar-refractivity contribution in [2.45, 2.75) is 44.9 Å². The van der Waals surface area contributed by atoms with Crippen LogP contribution in [0.1, 0.15) is 38.3 Å². The highest BCUT2D eigenvalue weighted by atomic mass is 19.4. The minimum absolute atomic E-state index is 0.0476. The van der Waals surface area contributed by atoms with E-state index in [4.69, 9.17) is 4.74 Å². The summed E-state index contributed by atoms with van der Waals surface area (Å²) in [6.45, 7) is 5.80. The lowest BCUT2D eigenvalue weighted by atomic mass is 9.94. The van der Waals surface area contributed by atoms with Gasteiger partial charge in [-0.2, -0.15) is 18.2 Å². The fourth-order valence-electron chi connectivity index (χ4n) is 4.09. The second-order valence-corrected chi connectivity index (χ2v) is 7.81. The number of alkyl halides is 3. The molecule has 2 fully saturated rings. The Balaban J connectivity index is 1.56. The first-order valence-corrected chi connectivity index (χ1v) is 9.60. The van der Waals surface area contributed by atoms with Gasteiger partial charge in [0.1, 0.15) is 5.75 Å². The van der Waals surface area contributed by atoms with E-state index < -0.39 is 11.7 Å². The van der Waals surface area contributed by atoms with Crippen LogP contribution in [-0.2, 0) is 6.18 Å². The maximum Gasteiger partial charge on any atom is 0.416 e. The van der Waals surface area contributed by atoms with E-state index in [1.54, 1.807) is 4.68 Å². The van der Waals surface area contributed by atoms with Crippen LogP contribution in [0.5, 0.6) is 11.8 Å². The molecule has 1 unspecified atom stereocenters. The van der Waals surface area contributed by atoms with Crippen molar-refractivity contribution in [3.63, 3.8) is 0 Å². The zero-order chi connectivity index (χ0) is 19.9. The second kappa shape index (κ2) is 7.27. The van der Waals surface area contributed by atoms with Gasteiger partial charge in [0, 0.05) is 6.04 Å². The summed E-state index contributed by atoms with van der Waals surface area (Å²) in [4.78, 5) is 4.43. The van der Waals surface area contributed by atoms with E-state index in [2.05, 4.69) is 20.7 Å². The molecule has 6 nitrogen and oxygen atoms in total. The number of rotatable bonds is 5. The van der Waals surface area contributed by atoms with Gasteiger partial charge in [-0.25, -0.2) is 4.68 Å². The molecule has 1 aromatic carbocycles. The molecular weight excluding hydrogens is 371 g/mol. The molecule has 3 atom stereocenters. The van der Waals surface area contributed by atoms with Crippen molar-refractivity contribution in [2.75, 3.05) is 18.4 Å². The number of anilines is 1. The molecule has 1 saturated heterocycles. The fraction of sp³-hybridized carbons (Fsp3) is 0.579. The number of ether oxygens (including phenoxy) is 1. The fourth-order valence-corrected chi connectivity index (χ4v) is 4.09. The molecule has 1 aliphatic heterocycles. The Bertz CT molecular complexity index is 819. The van der Waals surface area contributed by atoms with Gasteiger partial charge in [-0.15, -0.1) is 5.10 Å². The summed E-state index contributed by atoms with van der Waals surface area (Å²) >= 11 is 0. The van der Waals surface area contributed by atoms with Gasteiger partial charge in [0.2, 0.25) is 5.95 Å². The lowest BCUT2D eigenvalue weighted by molar-refractivity contribution is -0.137. The van der Waals surface area contributed by atoms with E-state index in [1.807, 2.05) is 13.8 Å². The van der Waals surface area contributed by atoms with E-state index in [-0.39, 0.29) is 17.8 Å². The zero-order valence-electron chi connectivity index (χ0n) is 15.8. The third kappa shape index (κ3) is 3.80. The average molecular weight is 395 g/mol. The quantitative estimate of drug-likeness (QED) is 0.799. The van der Waals surface area contributed by atoms with Crippen LogP contribution in [-0.4, -0.2) is 33.9 Å². The predicted molar refractivity (Wildman–Crippen MR) is 98.4 cm³/mol. The number of piperidine rings is 1. The van der Waals surface area contributed by atoms with Crippen molar-refractivity contribution >= 4 is 5.95 Å². The summed E-state index contributed by atoms with van der Waals surface area (Å²) in [6.07, 6.45) is -2.08. The Morgan fingerprint density at radius 2 is 1.93 bits per heavy atom. The van der Waals surface area contributed by atoms with Crippen LogP contribution in [0.4, 0.5) is 19.1 Å². The Kier molecular flexibility index (Phi) is 4.95. The standard InChI is InChI=1S/C19H24F3N5O/c1-11(2)27-18(28-15-5-3-4-14(8-15)19(20,21)22)25-17(26-27)24-16-12-6-7-13(16)10-23-9-12/h3-5,8,11-13,16,23H,6-7,9-10H2,1-2H3,(H,24,26)/t12-,13+,16?. The van der Waals surface area contributed by atoms with Gasteiger partial charge in [-0.3, -0.25) is 0 Å². The SMILES string of the molecule is CC(C)n1nc(NC2[C@@H]3CC[C@H]2CNC3)nc1Oc1cccc(C(F)(F)F)c1. The number of hydrogen-bond acceptors (Lipinski definition) is 5. The van der Waals surface area contributed by atoms with Crippen LogP contribution in [0.2, 0.25) is 0 Å². The molecule has 1 aromatic heterocycles. The average Bonchev–Trinajstić information content (AvgIpc) is 3.11. The van der Waals surface area contributed by atoms with Gasteiger partial charge in [-0.05, 0) is 69.8 Å². The van der Waals surface area contributed by atoms with Gasteiger partial charge in [0.05, 0.1) is 11.6 Å². The molecule has 28 heavy (non-hydrogen) atoms. The molecule has 1 saturated carbocycles. The normalized spacial score (nSPS) is 24.6. The molecule has 2 N–H and O–H groups in total. The zero-order valence-corrected chi connectivity index (χ0v) is 15.8. The van der Waals surface area contributed by atoms with E-state index in [1.165, 1.54) is 25.0 Å². The molecule has 1 aliphatic carbocycles. The summed E-state index contributed by atoms with van der Waals surface area (Å²) in [5.74, 6) is 1.62. The van der Waals surface area contributed by atoms with Gasteiger partial charge < -0.3 is 15.4 Å². The minimum Gasteiger partial charge on any atom is -0.424 e. The minimum atomic E-state index is -4.42. The summed E-state index contributed by atoms with van der Waals surface area (Å²) in [5, 5.41) is 11.4. The maximum atomic E-state index is 13.0. The van der Waals surface area contributed by atoms with Crippen LogP contribution in [0, 0.1) is 11.8 Å². The lowest BCUT2D eigenvalue weighted by Gasteiger charge is -2.30. The van der Waals surface area contributed by atoms with Crippen molar-refractivity contribution in [3.8, 4) is 11.8 Å². The number of benzene rings is 1. The monoisotopic (exact) mass is 395 g/mol. The summed E-state index contributed by atoms with van der Waals surface area (Å²) in [6, 6.07) is 5.23. The van der Waals surface area contributed by atoms with Crippen molar-refractivity contribution in [1.29, 1.82) is 0 Å². The first kappa shape index (κ1) is 19.0. The van der Waals surface area contributed by atoms with E-state index in [0.717, 1.165) is 25.2 Å². The third-order valence-corrected chi connectivity index (χ3v) is 5.49. The number of fused-ring (bicyclic) bond motifs is 2. The largest absolute Gasteiger partial charge is 0.424 e. The smallest absolute Gasteiger partial charge is 0.416 e. The molecule has 0 spiro atoms. The topological polar surface area (TPSA) is 64.0 Å². The molecular formula is C19H24F3N5O. The van der Waals surface area contributed by atoms with E-state index in [9.17, 15) is 13.2 Å². The third-order valence-electron chi connectivity index (χ3n) is 5.49. The maximum absolute atomic E-state index is 13.0. The highest BCUT2D eigenvalue weighted by molar-refractivity contribution is 5.34. The van der Waals surface area contributed by atoms with Crippen LogP contribution >= 0.6 is 0 Å². The number of aromatic nitrogens is 3. The van der Waals surface area contributed by atoms with Gasteiger partial charge in [0.15, 0.2) is 0 Å². The second-order valence-electron chi connectivity index (χ2n) is 7.81. The number of halogens is 3. The van der Waals surface area contributed by atoms with Crippen LogP contribution < -0.4 is 15.4 Å². The molecule has 4 rings (SSSR count). The molecule has 0 radical (unpaired) electrons. The molecule has 2 heterocycles. The Morgan fingerprint density at radius 1 is 1.21 bits per heavy atom. The Morgan fingerprint density at radius 3 is 2.57 bits per heavy atom. The Labute approximate surface area is 161 Å². The van der Waals surface area contributed by atoms with Crippen molar-refractivity contribution in [3.05, 3.63) is 29.8 Å². The number of nitrogens with one attached hydrogen (secondary N) is 2. The number of hydrogen-bond donors (Lipinski definition) is 2. The Hall–Kier alpha value is -2.29. The first-order valence-electron chi connectivity index (χ1n) is 9.60. The predicted octanol–water partition coefficient (Wildman–Crippen LogP) is 4.08.